The molecule has 0 spiro atoms. The zero-order valence-electron chi connectivity index (χ0n) is 13.6. The molecule has 130 valence electrons. The van der Waals surface area contributed by atoms with Crippen molar-refractivity contribution in [1.29, 1.82) is 0 Å². The molecule has 0 aliphatic carbocycles. The van der Waals surface area contributed by atoms with E-state index in [2.05, 4.69) is 20.2 Å². The van der Waals surface area contributed by atoms with Crippen LogP contribution in [-0.2, 0) is 4.79 Å². The van der Waals surface area contributed by atoms with Gasteiger partial charge in [0, 0.05) is 51.2 Å². The first kappa shape index (κ1) is 16.4. The van der Waals surface area contributed by atoms with Crippen molar-refractivity contribution in [2.75, 3.05) is 44.7 Å². The Bertz CT molecular complexity index is 590. The molecule has 0 saturated carbocycles. The van der Waals surface area contributed by atoms with Crippen molar-refractivity contribution in [2.24, 2.45) is 0 Å². The summed E-state index contributed by atoms with van der Waals surface area (Å²) < 4.78 is 0. The maximum Gasteiger partial charge on any atom is 0.320 e. The fourth-order valence-electron chi connectivity index (χ4n) is 3.25. The van der Waals surface area contributed by atoms with Crippen LogP contribution in [0.15, 0.2) is 18.6 Å². The minimum absolute atomic E-state index is 0.124. The fraction of sp³-hybridized carbons (Fsp3) is 0.600. The predicted octanol–water partition coefficient (Wildman–Crippen LogP) is -0.534. The van der Waals surface area contributed by atoms with E-state index in [9.17, 15) is 9.59 Å². The number of nitrogens with zero attached hydrogens (tertiary/aromatic N) is 5. The molecule has 0 unspecified atom stereocenters. The first-order chi connectivity index (χ1) is 11.5. The van der Waals surface area contributed by atoms with Crippen molar-refractivity contribution in [3.05, 3.63) is 18.6 Å². The minimum Gasteiger partial charge on any atom is -0.480 e. The number of hydrogen-bond donors (Lipinski definition) is 2. The Balaban J connectivity index is 1.48. The maximum atomic E-state index is 12.4. The molecule has 1 aromatic heterocycles. The number of carboxylic acids is 1. The molecule has 2 N–H and O–H groups in total. The smallest absolute Gasteiger partial charge is 0.320 e. The lowest BCUT2D eigenvalue weighted by molar-refractivity contribution is -0.141. The number of carbonyl (C=O) groups is 2. The number of carboxylic acid groups (broad SMARTS) is 1. The lowest BCUT2D eigenvalue weighted by atomic mass is 10.2. The SMILES string of the molecule is CN1C[C@@H](NC(=O)N2CCN(c3cnccn3)CC2)C[C@H]1C(=O)O. The Morgan fingerprint density at radius 2 is 2.00 bits per heavy atom. The molecule has 2 aliphatic rings. The number of amides is 2. The maximum absolute atomic E-state index is 12.4. The largest absolute Gasteiger partial charge is 0.480 e. The Morgan fingerprint density at radius 3 is 2.58 bits per heavy atom. The van der Waals surface area contributed by atoms with Gasteiger partial charge >= 0.3 is 12.0 Å². The van der Waals surface area contributed by atoms with Gasteiger partial charge in [-0.1, -0.05) is 0 Å². The van der Waals surface area contributed by atoms with Crippen molar-refractivity contribution in [2.45, 2.75) is 18.5 Å². The van der Waals surface area contributed by atoms with E-state index in [-0.39, 0.29) is 12.1 Å². The standard InChI is InChI=1S/C15H22N6O3/c1-19-10-11(8-12(19)14(22)23)18-15(24)21-6-4-20(5-7-21)13-9-16-2-3-17-13/h2-3,9,11-12H,4-8,10H2,1H3,(H,18,24)(H,22,23)/t11-,12-/m0/s1. The number of nitrogens with one attached hydrogen (secondary N) is 1. The van der Waals surface area contributed by atoms with Crippen LogP contribution in [0.1, 0.15) is 6.42 Å². The van der Waals surface area contributed by atoms with Gasteiger partial charge in [-0.2, -0.15) is 0 Å². The quantitative estimate of drug-likeness (QED) is 0.766. The summed E-state index contributed by atoms with van der Waals surface area (Å²) in [5, 5.41) is 12.1. The van der Waals surface area contributed by atoms with Crippen molar-refractivity contribution in [3.63, 3.8) is 0 Å². The highest BCUT2D eigenvalue weighted by Crippen LogP contribution is 2.17. The van der Waals surface area contributed by atoms with Gasteiger partial charge in [0.2, 0.25) is 0 Å². The second-order valence-corrected chi connectivity index (χ2v) is 6.21. The van der Waals surface area contributed by atoms with Crippen molar-refractivity contribution in [1.82, 2.24) is 25.1 Å². The van der Waals surface area contributed by atoms with Crippen LogP contribution in [0.4, 0.5) is 10.6 Å². The lowest BCUT2D eigenvalue weighted by Gasteiger charge is -2.35. The first-order valence-electron chi connectivity index (χ1n) is 8.04. The van der Waals surface area contributed by atoms with Crippen LogP contribution in [0.25, 0.3) is 0 Å². The number of urea groups is 1. The van der Waals surface area contributed by atoms with E-state index in [1.54, 1.807) is 35.4 Å². The van der Waals surface area contributed by atoms with Gasteiger partial charge in [0.15, 0.2) is 0 Å². The fourth-order valence-corrected chi connectivity index (χ4v) is 3.25. The van der Waals surface area contributed by atoms with Crippen LogP contribution in [-0.4, -0.2) is 88.7 Å². The summed E-state index contributed by atoms with van der Waals surface area (Å²) >= 11 is 0. The number of piperazine rings is 1. The molecule has 3 heterocycles. The highest BCUT2D eigenvalue weighted by atomic mass is 16.4. The molecule has 2 fully saturated rings. The normalized spacial score (nSPS) is 24.9. The third-order valence-electron chi connectivity index (χ3n) is 4.60. The molecule has 0 bridgehead atoms. The van der Waals surface area contributed by atoms with Crippen molar-refractivity contribution >= 4 is 17.8 Å². The van der Waals surface area contributed by atoms with Gasteiger partial charge in [-0.3, -0.25) is 14.7 Å². The second-order valence-electron chi connectivity index (χ2n) is 6.21. The molecular weight excluding hydrogens is 312 g/mol. The molecule has 2 atom stereocenters. The number of likely N-dealkylation sites (tertiary alicyclic amines) is 1. The van der Waals surface area contributed by atoms with Gasteiger partial charge in [0.05, 0.1) is 6.20 Å². The van der Waals surface area contributed by atoms with E-state index in [4.69, 9.17) is 5.11 Å². The monoisotopic (exact) mass is 334 g/mol. The third-order valence-corrected chi connectivity index (χ3v) is 4.60. The summed E-state index contributed by atoms with van der Waals surface area (Å²) in [5.74, 6) is -0.0221. The van der Waals surface area contributed by atoms with Crippen LogP contribution >= 0.6 is 0 Å². The molecule has 0 radical (unpaired) electrons. The van der Waals surface area contributed by atoms with E-state index in [1.807, 2.05) is 0 Å². The first-order valence-corrected chi connectivity index (χ1v) is 8.04. The number of anilines is 1. The van der Waals surface area contributed by atoms with Gasteiger partial charge in [-0.05, 0) is 13.5 Å². The zero-order chi connectivity index (χ0) is 17.1. The molecule has 3 rings (SSSR count). The summed E-state index contributed by atoms with van der Waals surface area (Å²) in [4.78, 5) is 37.5. The third kappa shape index (κ3) is 3.56. The predicted molar refractivity (Wildman–Crippen MR) is 86.8 cm³/mol. The van der Waals surface area contributed by atoms with Crippen LogP contribution < -0.4 is 10.2 Å². The number of carbonyl (C=O) groups excluding carboxylic acids is 1. The summed E-state index contributed by atoms with van der Waals surface area (Å²) in [6.45, 7) is 3.17. The van der Waals surface area contributed by atoms with Gasteiger partial charge in [0.25, 0.3) is 0 Å². The number of rotatable bonds is 3. The van der Waals surface area contributed by atoms with Crippen molar-refractivity contribution < 1.29 is 14.7 Å². The Labute approximate surface area is 140 Å². The van der Waals surface area contributed by atoms with Crippen LogP contribution in [0.5, 0.6) is 0 Å². The van der Waals surface area contributed by atoms with E-state index >= 15 is 0 Å². The van der Waals surface area contributed by atoms with E-state index in [1.165, 1.54) is 0 Å². The van der Waals surface area contributed by atoms with Crippen LogP contribution in [0, 0.1) is 0 Å². The van der Waals surface area contributed by atoms with Gasteiger partial charge in [-0.15, -0.1) is 0 Å². The average molecular weight is 334 g/mol. The van der Waals surface area contributed by atoms with E-state index in [0.29, 0.717) is 39.1 Å². The van der Waals surface area contributed by atoms with E-state index in [0.717, 1.165) is 5.82 Å². The van der Waals surface area contributed by atoms with Crippen LogP contribution in [0.3, 0.4) is 0 Å². The molecule has 2 saturated heterocycles. The molecule has 24 heavy (non-hydrogen) atoms. The van der Waals surface area contributed by atoms with E-state index < -0.39 is 12.0 Å². The van der Waals surface area contributed by atoms with Crippen LogP contribution in [0.2, 0.25) is 0 Å². The number of likely N-dealkylation sites (N-methyl/N-ethyl adjacent to an activating group) is 1. The number of hydrogen-bond acceptors (Lipinski definition) is 6. The van der Waals surface area contributed by atoms with Gasteiger partial charge < -0.3 is 20.2 Å². The number of aliphatic carboxylic acids is 1. The lowest BCUT2D eigenvalue weighted by Crippen LogP contribution is -2.54. The highest BCUT2D eigenvalue weighted by molar-refractivity contribution is 5.76. The molecule has 9 heteroatoms. The minimum atomic E-state index is -0.841. The van der Waals surface area contributed by atoms with Gasteiger partial charge in [0.1, 0.15) is 11.9 Å². The Kier molecular flexibility index (Phi) is 4.79. The molecule has 2 amide bonds. The molecular formula is C15H22N6O3. The molecule has 1 aromatic rings. The average Bonchev–Trinajstić information content (AvgIpc) is 2.96. The highest BCUT2D eigenvalue weighted by Gasteiger charge is 2.36. The van der Waals surface area contributed by atoms with Gasteiger partial charge in [-0.25, -0.2) is 9.78 Å². The summed E-state index contributed by atoms with van der Waals surface area (Å²) in [5.41, 5.74) is 0. The molecule has 9 nitrogen and oxygen atoms in total. The summed E-state index contributed by atoms with van der Waals surface area (Å²) in [6, 6.07) is -0.774. The Morgan fingerprint density at radius 1 is 1.25 bits per heavy atom. The summed E-state index contributed by atoms with van der Waals surface area (Å²) in [6.07, 6.45) is 5.45. The molecule has 2 aliphatic heterocycles. The zero-order valence-corrected chi connectivity index (χ0v) is 13.6. The topological polar surface area (TPSA) is 102 Å². The second kappa shape index (κ2) is 7.00. The van der Waals surface area contributed by atoms with Crippen molar-refractivity contribution in [3.8, 4) is 0 Å². The Hall–Kier alpha value is -2.42. The summed E-state index contributed by atoms with van der Waals surface area (Å²) in [7, 11) is 1.77. The number of aromatic nitrogens is 2. The molecule has 0 aromatic carbocycles.